The molecule has 0 spiro atoms. The smallest absolute Gasteiger partial charge is 0.315 e. The van der Waals surface area contributed by atoms with Gasteiger partial charge in [-0.25, -0.2) is 4.79 Å². The summed E-state index contributed by atoms with van der Waals surface area (Å²) >= 11 is 0. The van der Waals surface area contributed by atoms with Crippen molar-refractivity contribution in [2.24, 2.45) is 5.92 Å². The van der Waals surface area contributed by atoms with E-state index >= 15 is 0 Å². The molecule has 0 aromatic carbocycles. The Labute approximate surface area is 125 Å². The molecule has 21 heavy (non-hydrogen) atoms. The molecule has 116 valence electrons. The molecule has 1 aromatic rings. The van der Waals surface area contributed by atoms with Gasteiger partial charge in [0.15, 0.2) is 0 Å². The summed E-state index contributed by atoms with van der Waals surface area (Å²) in [5.41, 5.74) is 0.808. The average molecular weight is 293 g/mol. The van der Waals surface area contributed by atoms with Gasteiger partial charge in [0.1, 0.15) is 0 Å². The number of rotatable bonds is 8. The average Bonchev–Trinajstić information content (AvgIpc) is 2.46. The van der Waals surface area contributed by atoms with E-state index < -0.39 is 5.97 Å². The van der Waals surface area contributed by atoms with Gasteiger partial charge in [0.2, 0.25) is 0 Å². The molecule has 0 bridgehead atoms. The van der Waals surface area contributed by atoms with Gasteiger partial charge >= 0.3 is 12.0 Å². The van der Waals surface area contributed by atoms with Crippen LogP contribution in [0.2, 0.25) is 0 Å². The molecule has 0 saturated carbocycles. The second kappa shape index (κ2) is 8.94. The van der Waals surface area contributed by atoms with Crippen LogP contribution < -0.4 is 10.6 Å². The molecule has 1 aromatic heterocycles. The number of carboxylic acid groups (broad SMARTS) is 1. The van der Waals surface area contributed by atoms with Crippen LogP contribution in [0, 0.1) is 5.92 Å². The second-order valence-corrected chi connectivity index (χ2v) is 5.20. The number of aliphatic carboxylic acids is 1. The van der Waals surface area contributed by atoms with Crippen molar-refractivity contribution in [3.8, 4) is 0 Å². The Kier molecular flexibility index (Phi) is 7.21. The number of carbonyl (C=O) groups excluding carboxylic acids is 1. The van der Waals surface area contributed by atoms with E-state index in [0.29, 0.717) is 13.0 Å². The van der Waals surface area contributed by atoms with Crippen molar-refractivity contribution in [1.29, 1.82) is 0 Å². The van der Waals surface area contributed by atoms with Crippen LogP contribution in [-0.4, -0.2) is 28.6 Å². The summed E-state index contributed by atoms with van der Waals surface area (Å²) in [7, 11) is 0. The quantitative estimate of drug-likeness (QED) is 0.686. The van der Waals surface area contributed by atoms with Crippen LogP contribution >= 0.6 is 0 Å². The minimum absolute atomic E-state index is 0.157. The number of aromatic nitrogens is 1. The summed E-state index contributed by atoms with van der Waals surface area (Å²) in [6.45, 7) is 4.39. The third kappa shape index (κ3) is 7.29. The zero-order chi connectivity index (χ0) is 15.7. The van der Waals surface area contributed by atoms with Gasteiger partial charge in [-0.2, -0.15) is 0 Å². The van der Waals surface area contributed by atoms with E-state index in [4.69, 9.17) is 5.11 Å². The number of urea groups is 1. The number of amides is 2. The zero-order valence-electron chi connectivity index (χ0n) is 12.5. The van der Waals surface area contributed by atoms with E-state index in [2.05, 4.69) is 15.6 Å². The molecule has 6 heteroatoms. The number of pyridine rings is 1. The lowest BCUT2D eigenvalue weighted by molar-refractivity contribution is -0.137. The van der Waals surface area contributed by atoms with Crippen LogP contribution in [0.1, 0.15) is 44.8 Å². The summed E-state index contributed by atoms with van der Waals surface area (Å²) in [5.74, 6) is -0.508. The fourth-order valence-corrected chi connectivity index (χ4v) is 1.90. The maximum absolute atomic E-state index is 11.7. The van der Waals surface area contributed by atoms with Gasteiger partial charge in [-0.05, 0) is 37.8 Å². The normalized spacial score (nSPS) is 13.2. The SMILES string of the molecule is CC(CCNC(=O)NC(C)c1ccccn1)CCC(=O)O. The molecule has 0 aliphatic heterocycles. The van der Waals surface area contributed by atoms with Crippen molar-refractivity contribution in [3.05, 3.63) is 30.1 Å². The minimum Gasteiger partial charge on any atom is -0.481 e. The molecule has 0 saturated heterocycles. The first-order chi connectivity index (χ1) is 9.99. The largest absolute Gasteiger partial charge is 0.481 e. The van der Waals surface area contributed by atoms with E-state index in [0.717, 1.165) is 12.1 Å². The molecule has 0 radical (unpaired) electrons. The van der Waals surface area contributed by atoms with E-state index in [1.54, 1.807) is 6.20 Å². The molecule has 1 rings (SSSR count). The molecule has 6 nitrogen and oxygen atoms in total. The molecule has 0 fully saturated rings. The Morgan fingerprint density at radius 1 is 1.29 bits per heavy atom. The highest BCUT2D eigenvalue weighted by atomic mass is 16.4. The van der Waals surface area contributed by atoms with Crippen LogP contribution in [0.25, 0.3) is 0 Å². The molecule has 2 atom stereocenters. The van der Waals surface area contributed by atoms with E-state index in [-0.39, 0.29) is 24.4 Å². The van der Waals surface area contributed by atoms with Crippen LogP contribution in [0.5, 0.6) is 0 Å². The Morgan fingerprint density at radius 3 is 2.67 bits per heavy atom. The molecule has 0 aliphatic carbocycles. The summed E-state index contributed by atoms with van der Waals surface area (Å²) in [5, 5.41) is 14.2. The molecule has 2 amide bonds. The Balaban J connectivity index is 2.21. The van der Waals surface area contributed by atoms with Crippen molar-refractivity contribution >= 4 is 12.0 Å². The second-order valence-electron chi connectivity index (χ2n) is 5.20. The van der Waals surface area contributed by atoms with E-state index in [9.17, 15) is 9.59 Å². The first-order valence-corrected chi connectivity index (χ1v) is 7.16. The third-order valence-corrected chi connectivity index (χ3v) is 3.25. The fraction of sp³-hybridized carbons (Fsp3) is 0.533. The van der Waals surface area contributed by atoms with Crippen LogP contribution in [-0.2, 0) is 4.79 Å². The van der Waals surface area contributed by atoms with E-state index in [1.807, 2.05) is 32.0 Å². The van der Waals surface area contributed by atoms with E-state index in [1.165, 1.54) is 0 Å². The summed E-state index contributed by atoms with van der Waals surface area (Å²) < 4.78 is 0. The monoisotopic (exact) mass is 293 g/mol. The van der Waals surface area contributed by atoms with Gasteiger partial charge in [-0.3, -0.25) is 9.78 Å². The number of carboxylic acids is 1. The fourth-order valence-electron chi connectivity index (χ4n) is 1.90. The number of nitrogens with zero attached hydrogens (tertiary/aromatic N) is 1. The van der Waals surface area contributed by atoms with Gasteiger partial charge in [0, 0.05) is 19.2 Å². The van der Waals surface area contributed by atoms with Crippen molar-refractivity contribution in [2.45, 2.75) is 39.2 Å². The van der Waals surface area contributed by atoms with Crippen LogP contribution in [0.15, 0.2) is 24.4 Å². The summed E-state index contributed by atoms with van der Waals surface area (Å²) in [4.78, 5) is 26.4. The highest BCUT2D eigenvalue weighted by Crippen LogP contribution is 2.09. The molecule has 2 unspecified atom stereocenters. The minimum atomic E-state index is -0.781. The van der Waals surface area contributed by atoms with Gasteiger partial charge < -0.3 is 15.7 Å². The van der Waals surface area contributed by atoms with Crippen molar-refractivity contribution in [3.63, 3.8) is 0 Å². The highest BCUT2D eigenvalue weighted by molar-refractivity contribution is 5.74. The Bertz CT molecular complexity index is 451. The van der Waals surface area contributed by atoms with Crippen molar-refractivity contribution in [2.75, 3.05) is 6.54 Å². The van der Waals surface area contributed by atoms with Crippen molar-refractivity contribution in [1.82, 2.24) is 15.6 Å². The maximum atomic E-state index is 11.7. The number of hydrogen-bond donors (Lipinski definition) is 3. The zero-order valence-corrected chi connectivity index (χ0v) is 12.5. The summed E-state index contributed by atoms with van der Waals surface area (Å²) in [6.07, 6.45) is 3.25. The summed E-state index contributed by atoms with van der Waals surface area (Å²) in [6, 6.07) is 5.17. The van der Waals surface area contributed by atoms with Gasteiger partial charge in [0.05, 0.1) is 11.7 Å². The lowest BCUT2D eigenvalue weighted by Gasteiger charge is -2.15. The van der Waals surface area contributed by atoms with Gasteiger partial charge in [-0.1, -0.05) is 13.0 Å². The maximum Gasteiger partial charge on any atom is 0.315 e. The predicted octanol–water partition coefficient (Wildman–Crippen LogP) is 2.33. The third-order valence-electron chi connectivity index (χ3n) is 3.25. The lowest BCUT2D eigenvalue weighted by Crippen LogP contribution is -2.38. The highest BCUT2D eigenvalue weighted by Gasteiger charge is 2.10. The van der Waals surface area contributed by atoms with Gasteiger partial charge in [-0.15, -0.1) is 0 Å². The topological polar surface area (TPSA) is 91.3 Å². The molecular formula is C15H23N3O3. The van der Waals surface area contributed by atoms with Crippen molar-refractivity contribution < 1.29 is 14.7 Å². The number of carbonyl (C=O) groups is 2. The lowest BCUT2D eigenvalue weighted by atomic mass is 10.0. The van der Waals surface area contributed by atoms with Crippen LogP contribution in [0.4, 0.5) is 4.79 Å². The van der Waals surface area contributed by atoms with Crippen LogP contribution in [0.3, 0.4) is 0 Å². The molecular weight excluding hydrogens is 270 g/mol. The Hall–Kier alpha value is -2.11. The van der Waals surface area contributed by atoms with Gasteiger partial charge in [0.25, 0.3) is 0 Å². The number of hydrogen-bond acceptors (Lipinski definition) is 3. The Morgan fingerprint density at radius 2 is 2.05 bits per heavy atom. The first kappa shape index (κ1) is 16.9. The molecule has 0 aliphatic rings. The predicted molar refractivity (Wildman–Crippen MR) is 79.8 cm³/mol. The standard InChI is InChI=1S/C15H23N3O3/c1-11(6-7-14(19)20)8-10-17-15(21)18-12(2)13-5-3-4-9-16-13/h3-5,9,11-12H,6-8,10H2,1-2H3,(H,19,20)(H2,17,18,21). The first-order valence-electron chi connectivity index (χ1n) is 7.16. The molecule has 3 N–H and O–H groups in total. The number of nitrogens with one attached hydrogen (secondary N) is 2. The molecule has 1 heterocycles.